The molecular weight excluding hydrogens is 256 g/mol. The third-order valence-corrected chi connectivity index (χ3v) is 3.10. The van der Waals surface area contributed by atoms with Crippen molar-refractivity contribution >= 4 is 11.0 Å². The van der Waals surface area contributed by atoms with E-state index in [1.807, 2.05) is 34.6 Å². The lowest BCUT2D eigenvalue weighted by Gasteiger charge is -2.26. The monoisotopic (exact) mass is 278 g/mol. The van der Waals surface area contributed by atoms with E-state index in [2.05, 4.69) is 0 Å². The molecule has 0 aliphatic heterocycles. The van der Waals surface area contributed by atoms with Crippen LogP contribution in [0.25, 0.3) is 11.0 Å². The first-order valence-electron chi connectivity index (χ1n) is 6.74. The molecule has 0 fully saturated rings. The summed E-state index contributed by atoms with van der Waals surface area (Å²) in [5.41, 5.74) is 0.957. The predicted molar refractivity (Wildman–Crippen MR) is 78.9 cm³/mol. The maximum absolute atomic E-state index is 10.6. The first kappa shape index (κ1) is 14.6. The summed E-state index contributed by atoms with van der Waals surface area (Å²) in [6.07, 6.45) is 1.51. The van der Waals surface area contributed by atoms with E-state index in [1.165, 1.54) is 0 Å². The highest BCUT2D eigenvalue weighted by molar-refractivity contribution is 5.93. The maximum Gasteiger partial charge on any atom is 0.205 e. The van der Waals surface area contributed by atoms with E-state index >= 15 is 0 Å². The van der Waals surface area contributed by atoms with Gasteiger partial charge in [-0.1, -0.05) is 20.8 Å². The van der Waals surface area contributed by atoms with Crippen molar-refractivity contribution in [2.45, 2.75) is 46.1 Å². The van der Waals surface area contributed by atoms with E-state index in [1.54, 1.807) is 19.4 Å². The summed E-state index contributed by atoms with van der Waals surface area (Å²) in [4.78, 5) is 0. The summed E-state index contributed by atoms with van der Waals surface area (Å²) in [7, 11) is 1.58. The molecule has 0 saturated heterocycles. The number of furan rings is 1. The molecule has 0 aliphatic carbocycles. The number of aromatic hydroxyl groups is 1. The van der Waals surface area contributed by atoms with Crippen LogP contribution in [-0.4, -0.2) is 18.3 Å². The van der Waals surface area contributed by atoms with Crippen LogP contribution in [0.2, 0.25) is 0 Å². The minimum Gasteiger partial charge on any atom is -0.507 e. The Hall–Kier alpha value is -1.84. The van der Waals surface area contributed by atoms with E-state index in [-0.39, 0.29) is 17.3 Å². The molecule has 1 aromatic carbocycles. The van der Waals surface area contributed by atoms with Gasteiger partial charge in [-0.15, -0.1) is 0 Å². The predicted octanol–water partition coefficient (Wildman–Crippen LogP) is 4.23. The highest BCUT2D eigenvalue weighted by Crippen LogP contribution is 2.50. The zero-order valence-corrected chi connectivity index (χ0v) is 12.9. The van der Waals surface area contributed by atoms with Crippen LogP contribution in [0.4, 0.5) is 0 Å². The smallest absolute Gasteiger partial charge is 0.205 e. The number of hydrogen-bond acceptors (Lipinski definition) is 4. The summed E-state index contributed by atoms with van der Waals surface area (Å²) >= 11 is 0. The number of methoxy groups -OCH3 is 1. The number of phenolic OH excluding ortho intramolecular Hbond substituents is 1. The fourth-order valence-electron chi connectivity index (χ4n) is 2.36. The maximum atomic E-state index is 10.6. The fourth-order valence-corrected chi connectivity index (χ4v) is 2.36. The van der Waals surface area contributed by atoms with E-state index in [0.717, 1.165) is 5.56 Å². The standard InChI is InChI=1S/C16H22O4/c1-9(2)20-14-11(16(3,4)5)12(17)10-7-8-19-13(10)15(14)18-6/h7-9,17H,1-6H3. The van der Waals surface area contributed by atoms with Crippen molar-refractivity contribution in [1.82, 2.24) is 0 Å². The molecule has 4 heteroatoms. The quantitative estimate of drug-likeness (QED) is 0.912. The van der Waals surface area contributed by atoms with Crippen LogP contribution in [0.3, 0.4) is 0 Å². The van der Waals surface area contributed by atoms with Gasteiger partial charge in [-0.05, 0) is 25.3 Å². The van der Waals surface area contributed by atoms with E-state index in [4.69, 9.17) is 13.9 Å². The minimum absolute atomic E-state index is 0.0307. The van der Waals surface area contributed by atoms with Crippen molar-refractivity contribution in [3.05, 3.63) is 17.9 Å². The molecule has 110 valence electrons. The molecule has 0 aliphatic rings. The van der Waals surface area contributed by atoms with Crippen molar-refractivity contribution in [3.8, 4) is 17.2 Å². The molecule has 0 bridgehead atoms. The second kappa shape index (κ2) is 4.93. The molecular formula is C16H22O4. The molecule has 2 aromatic rings. The summed E-state index contributed by atoms with van der Waals surface area (Å²) < 4.78 is 16.8. The van der Waals surface area contributed by atoms with Crippen molar-refractivity contribution < 1.29 is 19.0 Å². The molecule has 4 nitrogen and oxygen atoms in total. The Bertz CT molecular complexity index is 617. The molecule has 1 aromatic heterocycles. The number of benzene rings is 1. The molecule has 1 heterocycles. The van der Waals surface area contributed by atoms with Gasteiger partial charge in [0.25, 0.3) is 0 Å². The summed E-state index contributed by atoms with van der Waals surface area (Å²) in [5.74, 6) is 1.27. The Morgan fingerprint density at radius 3 is 2.35 bits per heavy atom. The largest absolute Gasteiger partial charge is 0.507 e. The van der Waals surface area contributed by atoms with Gasteiger partial charge in [-0.25, -0.2) is 0 Å². The number of fused-ring (bicyclic) bond motifs is 1. The van der Waals surface area contributed by atoms with Crippen LogP contribution in [0.1, 0.15) is 40.2 Å². The molecule has 2 rings (SSSR count). The van der Waals surface area contributed by atoms with Crippen molar-refractivity contribution in [1.29, 1.82) is 0 Å². The van der Waals surface area contributed by atoms with Crippen molar-refractivity contribution in [2.24, 2.45) is 0 Å². The van der Waals surface area contributed by atoms with Gasteiger partial charge in [-0.2, -0.15) is 0 Å². The first-order chi connectivity index (χ1) is 9.27. The van der Waals surface area contributed by atoms with Gasteiger partial charge in [0.05, 0.1) is 24.9 Å². The van der Waals surface area contributed by atoms with E-state index in [9.17, 15) is 5.11 Å². The Kier molecular flexibility index (Phi) is 3.59. The van der Waals surface area contributed by atoms with Crippen LogP contribution in [0.5, 0.6) is 17.2 Å². The Morgan fingerprint density at radius 2 is 1.85 bits per heavy atom. The van der Waals surface area contributed by atoms with Crippen LogP contribution in [0.15, 0.2) is 16.7 Å². The van der Waals surface area contributed by atoms with E-state index in [0.29, 0.717) is 22.5 Å². The highest BCUT2D eigenvalue weighted by atomic mass is 16.5. The minimum atomic E-state index is -0.285. The van der Waals surface area contributed by atoms with Gasteiger partial charge < -0.3 is 19.0 Å². The normalized spacial score (nSPS) is 12.2. The lowest BCUT2D eigenvalue weighted by atomic mass is 9.84. The Balaban J connectivity index is 2.88. The summed E-state index contributed by atoms with van der Waals surface area (Å²) in [6, 6.07) is 1.74. The number of ether oxygens (including phenoxy) is 2. The second-order valence-corrected chi connectivity index (χ2v) is 6.17. The van der Waals surface area contributed by atoms with Gasteiger partial charge in [0, 0.05) is 5.56 Å². The topological polar surface area (TPSA) is 51.8 Å². The lowest BCUT2D eigenvalue weighted by Crippen LogP contribution is -2.17. The highest BCUT2D eigenvalue weighted by Gasteiger charge is 2.31. The average Bonchev–Trinajstić information content (AvgIpc) is 2.76. The van der Waals surface area contributed by atoms with Gasteiger partial charge in [0.2, 0.25) is 5.75 Å². The zero-order chi connectivity index (χ0) is 15.1. The van der Waals surface area contributed by atoms with Gasteiger partial charge in [0.15, 0.2) is 11.3 Å². The van der Waals surface area contributed by atoms with Crippen LogP contribution in [-0.2, 0) is 5.41 Å². The molecule has 0 amide bonds. The fraction of sp³-hybridized carbons (Fsp3) is 0.500. The lowest BCUT2D eigenvalue weighted by molar-refractivity contribution is 0.223. The molecule has 20 heavy (non-hydrogen) atoms. The number of rotatable bonds is 3. The van der Waals surface area contributed by atoms with Crippen molar-refractivity contribution in [2.75, 3.05) is 7.11 Å². The first-order valence-corrected chi connectivity index (χ1v) is 6.74. The molecule has 0 saturated carbocycles. The third-order valence-electron chi connectivity index (χ3n) is 3.10. The van der Waals surface area contributed by atoms with Crippen LogP contribution < -0.4 is 9.47 Å². The summed E-state index contributed by atoms with van der Waals surface area (Å²) in [5, 5.41) is 11.2. The SMILES string of the molecule is COc1c(OC(C)C)c(C(C)(C)C)c(O)c2ccoc12. The van der Waals surface area contributed by atoms with E-state index < -0.39 is 0 Å². The zero-order valence-electron chi connectivity index (χ0n) is 12.9. The number of phenols is 1. The average molecular weight is 278 g/mol. The summed E-state index contributed by atoms with van der Waals surface area (Å²) in [6.45, 7) is 9.96. The van der Waals surface area contributed by atoms with Gasteiger partial charge in [-0.3, -0.25) is 0 Å². The molecule has 0 unspecified atom stereocenters. The number of hydrogen-bond donors (Lipinski definition) is 1. The Labute approximate surface area is 119 Å². The van der Waals surface area contributed by atoms with Crippen LogP contribution in [0, 0.1) is 0 Å². The molecule has 0 spiro atoms. The molecule has 0 radical (unpaired) electrons. The Morgan fingerprint density at radius 1 is 1.20 bits per heavy atom. The third kappa shape index (κ3) is 2.30. The van der Waals surface area contributed by atoms with Crippen molar-refractivity contribution in [3.63, 3.8) is 0 Å². The van der Waals surface area contributed by atoms with Gasteiger partial charge >= 0.3 is 0 Å². The molecule has 1 N–H and O–H groups in total. The van der Waals surface area contributed by atoms with Gasteiger partial charge in [0.1, 0.15) is 5.75 Å². The second-order valence-electron chi connectivity index (χ2n) is 6.17. The molecule has 0 atom stereocenters. The van der Waals surface area contributed by atoms with Crippen LogP contribution >= 0.6 is 0 Å².